The fourth-order valence-corrected chi connectivity index (χ4v) is 4.53. The molecule has 2 aromatic carbocycles. The molecule has 1 amide bonds. The Balaban J connectivity index is 1.82. The van der Waals surface area contributed by atoms with Crippen molar-refractivity contribution in [3.63, 3.8) is 0 Å². The predicted molar refractivity (Wildman–Crippen MR) is 137 cm³/mol. The first-order valence-corrected chi connectivity index (χ1v) is 12.3. The smallest absolute Gasteiger partial charge is 0.228 e. The third kappa shape index (κ3) is 6.51. The molecule has 5 heteroatoms. The van der Waals surface area contributed by atoms with Gasteiger partial charge in [-0.2, -0.15) is 0 Å². The molecule has 3 rings (SSSR count). The van der Waals surface area contributed by atoms with Gasteiger partial charge in [0.05, 0.1) is 6.10 Å². The Morgan fingerprint density at radius 2 is 1.64 bits per heavy atom. The zero-order valence-corrected chi connectivity index (χ0v) is 22.0. The average Bonchev–Trinajstić information content (AvgIpc) is 2.72. The molecule has 2 aromatic rings. The number of halogens is 1. The lowest BCUT2D eigenvalue weighted by molar-refractivity contribution is -0.141. The van der Waals surface area contributed by atoms with Gasteiger partial charge in [0.15, 0.2) is 0 Å². The van der Waals surface area contributed by atoms with Gasteiger partial charge in [-0.05, 0) is 54.8 Å². The molecule has 4 nitrogen and oxygen atoms in total. The van der Waals surface area contributed by atoms with E-state index in [0.717, 1.165) is 43.5 Å². The molecular formula is C28H39ClN2O2. The molecule has 0 atom stereocenters. The second-order valence-corrected chi connectivity index (χ2v) is 11.4. The third-order valence-electron chi connectivity index (χ3n) is 6.31. The van der Waals surface area contributed by atoms with Crippen LogP contribution >= 0.6 is 11.6 Å². The van der Waals surface area contributed by atoms with Gasteiger partial charge in [0.25, 0.3) is 0 Å². The highest BCUT2D eigenvalue weighted by molar-refractivity contribution is 6.30. The number of amides is 1. The van der Waals surface area contributed by atoms with E-state index in [-0.39, 0.29) is 22.8 Å². The van der Waals surface area contributed by atoms with Gasteiger partial charge in [-0.15, -0.1) is 0 Å². The Hall–Kier alpha value is -2.04. The summed E-state index contributed by atoms with van der Waals surface area (Å²) in [5.41, 5.74) is 3.07. The molecule has 1 aliphatic heterocycles. The zero-order valence-electron chi connectivity index (χ0n) is 21.2. The zero-order chi connectivity index (χ0) is 24.4. The maximum Gasteiger partial charge on any atom is 0.228 e. The van der Waals surface area contributed by atoms with Gasteiger partial charge in [0.2, 0.25) is 5.91 Å². The number of hydrogen-bond donors (Lipinski definition) is 0. The number of nitrogens with zero attached hydrogens (tertiary/aromatic N) is 2. The first-order valence-electron chi connectivity index (χ1n) is 11.9. The van der Waals surface area contributed by atoms with Crippen LogP contribution in [0.25, 0.3) is 0 Å². The maximum atomic E-state index is 12.6. The summed E-state index contributed by atoms with van der Waals surface area (Å²) in [6.45, 7) is 18.7. The van der Waals surface area contributed by atoms with Gasteiger partial charge in [-0.3, -0.25) is 9.69 Å². The van der Waals surface area contributed by atoms with Crippen LogP contribution in [0.15, 0.2) is 42.5 Å². The van der Waals surface area contributed by atoms with Crippen molar-refractivity contribution in [3.8, 4) is 5.75 Å². The highest BCUT2D eigenvalue weighted by atomic mass is 35.5. The minimum absolute atomic E-state index is 0.106. The van der Waals surface area contributed by atoms with E-state index in [1.54, 1.807) is 0 Å². The van der Waals surface area contributed by atoms with Crippen molar-refractivity contribution in [2.24, 2.45) is 5.41 Å². The molecule has 0 saturated carbocycles. The Labute approximate surface area is 204 Å². The van der Waals surface area contributed by atoms with E-state index in [1.807, 2.05) is 43.9 Å². The maximum absolute atomic E-state index is 12.6. The summed E-state index contributed by atoms with van der Waals surface area (Å²) in [5, 5.41) is 0.748. The van der Waals surface area contributed by atoms with Crippen molar-refractivity contribution >= 4 is 17.5 Å². The van der Waals surface area contributed by atoms with Crippen LogP contribution in [0.1, 0.15) is 65.2 Å². The molecule has 0 N–H and O–H groups in total. The molecule has 0 aromatic heterocycles. The van der Waals surface area contributed by atoms with Crippen LogP contribution in [0, 0.1) is 5.41 Å². The molecule has 33 heavy (non-hydrogen) atoms. The summed E-state index contributed by atoms with van der Waals surface area (Å²) in [6, 6.07) is 14.7. The second kappa shape index (κ2) is 10.1. The van der Waals surface area contributed by atoms with Crippen LogP contribution in [-0.2, 0) is 16.8 Å². The van der Waals surface area contributed by atoms with E-state index in [2.05, 4.69) is 56.9 Å². The first kappa shape index (κ1) is 25.6. The molecule has 0 bridgehead atoms. The topological polar surface area (TPSA) is 32.8 Å². The first-order chi connectivity index (χ1) is 15.4. The van der Waals surface area contributed by atoms with Crippen LogP contribution < -0.4 is 4.74 Å². The molecule has 0 spiro atoms. The van der Waals surface area contributed by atoms with Crippen molar-refractivity contribution in [1.29, 1.82) is 0 Å². The molecule has 1 fully saturated rings. The summed E-state index contributed by atoms with van der Waals surface area (Å²) in [4.78, 5) is 17.1. The van der Waals surface area contributed by atoms with Gasteiger partial charge in [0, 0.05) is 48.6 Å². The number of carbonyl (C=O) groups is 1. The molecule has 0 aliphatic carbocycles. The van der Waals surface area contributed by atoms with E-state index in [1.165, 1.54) is 16.7 Å². The lowest BCUT2D eigenvalue weighted by Crippen LogP contribution is -2.51. The van der Waals surface area contributed by atoms with Crippen molar-refractivity contribution < 1.29 is 9.53 Å². The largest absolute Gasteiger partial charge is 0.491 e. The molecule has 1 saturated heterocycles. The van der Waals surface area contributed by atoms with Gasteiger partial charge in [-0.1, -0.05) is 64.4 Å². The highest BCUT2D eigenvalue weighted by Gasteiger charge is 2.30. The third-order valence-corrected chi connectivity index (χ3v) is 6.55. The van der Waals surface area contributed by atoms with Crippen molar-refractivity contribution in [2.75, 3.05) is 26.2 Å². The van der Waals surface area contributed by atoms with Crippen LogP contribution in [0.2, 0.25) is 5.02 Å². The fourth-order valence-electron chi connectivity index (χ4n) is 4.34. The number of ether oxygens (including phenoxy) is 1. The van der Waals surface area contributed by atoms with Crippen LogP contribution in [0.3, 0.4) is 0 Å². The summed E-state index contributed by atoms with van der Waals surface area (Å²) >= 11 is 6.30. The predicted octanol–water partition coefficient (Wildman–Crippen LogP) is 6.14. The monoisotopic (exact) mass is 470 g/mol. The minimum Gasteiger partial charge on any atom is -0.491 e. The van der Waals surface area contributed by atoms with E-state index >= 15 is 0 Å². The summed E-state index contributed by atoms with van der Waals surface area (Å²) < 4.78 is 6.13. The number of rotatable bonds is 6. The standard InChI is InChI=1S/C28H39ClN2O2/c1-20(2)33-25-16-21(19-30-11-13-31(14-12-30)26(32)27(3,4)5)15-23(18-25)28(6,7)22-9-8-10-24(29)17-22/h8-10,15-18,20H,11-14,19H2,1-7H3. The number of hydrogen-bond acceptors (Lipinski definition) is 3. The quantitative estimate of drug-likeness (QED) is 0.508. The summed E-state index contributed by atoms with van der Waals surface area (Å²) in [5.74, 6) is 1.13. The Kier molecular flexibility index (Phi) is 7.80. The number of benzene rings is 2. The van der Waals surface area contributed by atoms with E-state index < -0.39 is 0 Å². The highest BCUT2D eigenvalue weighted by Crippen LogP contribution is 2.36. The Morgan fingerprint density at radius 1 is 0.970 bits per heavy atom. The number of piperazine rings is 1. The number of carbonyl (C=O) groups excluding carboxylic acids is 1. The second-order valence-electron chi connectivity index (χ2n) is 11.0. The van der Waals surface area contributed by atoms with Crippen molar-refractivity contribution in [3.05, 3.63) is 64.2 Å². The average molecular weight is 471 g/mol. The van der Waals surface area contributed by atoms with Crippen LogP contribution in [-0.4, -0.2) is 48.0 Å². The normalized spacial score (nSPS) is 15.7. The molecule has 1 aliphatic rings. The molecule has 180 valence electrons. The van der Waals surface area contributed by atoms with E-state index in [0.29, 0.717) is 0 Å². The lowest BCUT2D eigenvalue weighted by atomic mass is 9.77. The lowest BCUT2D eigenvalue weighted by Gasteiger charge is -2.38. The van der Waals surface area contributed by atoms with Gasteiger partial charge >= 0.3 is 0 Å². The minimum atomic E-state index is -0.328. The van der Waals surface area contributed by atoms with Crippen LogP contribution in [0.4, 0.5) is 0 Å². The molecule has 1 heterocycles. The van der Waals surface area contributed by atoms with Gasteiger partial charge in [0.1, 0.15) is 5.75 Å². The summed E-state index contributed by atoms with van der Waals surface area (Å²) in [6.07, 6.45) is 0.106. The van der Waals surface area contributed by atoms with Gasteiger partial charge in [-0.25, -0.2) is 0 Å². The van der Waals surface area contributed by atoms with E-state index in [4.69, 9.17) is 16.3 Å². The van der Waals surface area contributed by atoms with Crippen LogP contribution in [0.5, 0.6) is 5.75 Å². The van der Waals surface area contributed by atoms with Crippen molar-refractivity contribution in [2.45, 2.75) is 66.5 Å². The SMILES string of the molecule is CC(C)Oc1cc(CN2CCN(C(=O)C(C)(C)C)CC2)cc(C(C)(C)c2cccc(Cl)c2)c1. The Morgan fingerprint density at radius 3 is 2.21 bits per heavy atom. The van der Waals surface area contributed by atoms with Gasteiger partial charge < -0.3 is 9.64 Å². The van der Waals surface area contributed by atoms with Crippen molar-refractivity contribution in [1.82, 2.24) is 9.80 Å². The summed E-state index contributed by atoms with van der Waals surface area (Å²) in [7, 11) is 0. The fraction of sp³-hybridized carbons (Fsp3) is 0.536. The molecule has 0 radical (unpaired) electrons. The van der Waals surface area contributed by atoms with E-state index in [9.17, 15) is 4.79 Å². The Bertz CT molecular complexity index is 970. The molecular weight excluding hydrogens is 432 g/mol. The molecule has 0 unspecified atom stereocenters.